The minimum absolute atomic E-state index is 0.336. The molecule has 0 spiro atoms. The van der Waals surface area contributed by atoms with Crippen molar-refractivity contribution in [1.29, 1.82) is 0 Å². The summed E-state index contributed by atoms with van der Waals surface area (Å²) < 4.78 is 0. The molecule has 0 radical (unpaired) electrons. The zero-order valence-electron chi connectivity index (χ0n) is 10.2. The zero-order chi connectivity index (χ0) is 11.2. The minimum Gasteiger partial charge on any atom is -0.396 e. The van der Waals surface area contributed by atoms with E-state index in [2.05, 4.69) is 18.8 Å². The second kappa shape index (κ2) is 13.5. The summed E-state index contributed by atoms with van der Waals surface area (Å²) in [6.45, 7) is 2.57. The van der Waals surface area contributed by atoms with E-state index in [9.17, 15) is 0 Å². The maximum Gasteiger partial charge on any atom is 0.0431 e. The second-order valence-corrected chi connectivity index (χ2v) is 4.05. The van der Waals surface area contributed by atoms with Crippen molar-refractivity contribution in [1.82, 2.24) is 0 Å². The van der Waals surface area contributed by atoms with Gasteiger partial charge < -0.3 is 5.11 Å². The molecule has 15 heavy (non-hydrogen) atoms. The number of rotatable bonds is 9. The smallest absolute Gasteiger partial charge is 0.0431 e. The molecule has 0 fully saturated rings. The van der Waals surface area contributed by atoms with E-state index in [1.807, 2.05) is 0 Å². The van der Waals surface area contributed by atoms with E-state index in [0.717, 1.165) is 25.7 Å². The molecule has 0 aliphatic carbocycles. The van der Waals surface area contributed by atoms with Crippen molar-refractivity contribution >= 4 is 0 Å². The van der Waals surface area contributed by atoms with Crippen LogP contribution in [0.1, 0.15) is 71.1 Å². The van der Waals surface area contributed by atoms with Crippen LogP contribution in [0.5, 0.6) is 0 Å². The molecule has 0 amide bonds. The average molecular weight is 210 g/mol. The zero-order valence-corrected chi connectivity index (χ0v) is 10.2. The molecule has 0 aromatic carbocycles. The number of aliphatic hydroxyl groups is 1. The fourth-order valence-corrected chi connectivity index (χ4v) is 1.50. The van der Waals surface area contributed by atoms with Crippen LogP contribution in [0, 0.1) is 11.8 Å². The summed E-state index contributed by atoms with van der Waals surface area (Å²) in [6, 6.07) is 0. The molecule has 88 valence electrons. The first-order chi connectivity index (χ1) is 7.41. The minimum atomic E-state index is 0.336. The molecular formula is C14H26O. The summed E-state index contributed by atoms with van der Waals surface area (Å²) in [7, 11) is 0. The van der Waals surface area contributed by atoms with Crippen molar-refractivity contribution in [2.45, 2.75) is 71.1 Å². The lowest BCUT2D eigenvalue weighted by molar-refractivity contribution is 0.282. The van der Waals surface area contributed by atoms with Crippen LogP contribution in [0.3, 0.4) is 0 Å². The third-order valence-electron chi connectivity index (χ3n) is 2.49. The van der Waals surface area contributed by atoms with E-state index < -0.39 is 0 Å². The quantitative estimate of drug-likeness (QED) is 0.452. The van der Waals surface area contributed by atoms with Crippen LogP contribution in [0.25, 0.3) is 0 Å². The Balaban J connectivity index is 3.03. The fourth-order valence-electron chi connectivity index (χ4n) is 1.50. The molecular weight excluding hydrogens is 184 g/mol. The van der Waals surface area contributed by atoms with Crippen LogP contribution in [0.4, 0.5) is 0 Å². The molecule has 0 bridgehead atoms. The number of hydrogen-bond acceptors (Lipinski definition) is 1. The van der Waals surface area contributed by atoms with E-state index >= 15 is 0 Å². The third kappa shape index (κ3) is 13.5. The Morgan fingerprint density at radius 3 is 1.80 bits per heavy atom. The molecule has 0 rings (SSSR count). The Kier molecular flexibility index (Phi) is 13.1. The van der Waals surface area contributed by atoms with Crippen molar-refractivity contribution < 1.29 is 5.11 Å². The molecule has 0 heterocycles. The highest BCUT2D eigenvalue weighted by molar-refractivity contribution is 4.98. The fraction of sp³-hybridized carbons (Fsp3) is 0.857. The molecule has 1 nitrogen and oxygen atoms in total. The van der Waals surface area contributed by atoms with Crippen LogP contribution in [0.15, 0.2) is 0 Å². The van der Waals surface area contributed by atoms with Gasteiger partial charge in [-0.15, -0.1) is 11.8 Å². The molecule has 1 N–H and O–H groups in total. The van der Waals surface area contributed by atoms with Crippen LogP contribution in [-0.4, -0.2) is 11.7 Å². The normalized spacial score (nSPS) is 9.73. The van der Waals surface area contributed by atoms with Gasteiger partial charge in [0.25, 0.3) is 0 Å². The van der Waals surface area contributed by atoms with E-state index in [1.165, 1.54) is 38.5 Å². The lowest BCUT2D eigenvalue weighted by atomic mass is 10.1. The van der Waals surface area contributed by atoms with Gasteiger partial charge in [-0.2, -0.15) is 0 Å². The summed E-state index contributed by atoms with van der Waals surface area (Å²) in [4.78, 5) is 0. The van der Waals surface area contributed by atoms with Crippen LogP contribution < -0.4 is 0 Å². The summed E-state index contributed by atoms with van der Waals surface area (Å²) in [6.07, 6.45) is 11.9. The highest BCUT2D eigenvalue weighted by Crippen LogP contribution is 2.03. The van der Waals surface area contributed by atoms with Crippen molar-refractivity contribution in [3.8, 4) is 11.8 Å². The summed E-state index contributed by atoms with van der Waals surface area (Å²) in [5.41, 5.74) is 0. The van der Waals surface area contributed by atoms with E-state index in [4.69, 9.17) is 5.11 Å². The molecule has 0 aliphatic heterocycles. The second-order valence-electron chi connectivity index (χ2n) is 4.05. The SMILES string of the molecule is CCCCCCC#CCCCCCCO. The largest absolute Gasteiger partial charge is 0.396 e. The Morgan fingerprint density at radius 2 is 1.27 bits per heavy atom. The lowest BCUT2D eigenvalue weighted by Crippen LogP contribution is -1.82. The first-order valence-corrected chi connectivity index (χ1v) is 6.48. The molecule has 1 heteroatoms. The number of aliphatic hydroxyl groups excluding tert-OH is 1. The van der Waals surface area contributed by atoms with Gasteiger partial charge in [0.05, 0.1) is 0 Å². The molecule has 0 aromatic rings. The molecule has 0 aliphatic rings. The average Bonchev–Trinajstić information content (AvgIpc) is 2.26. The molecule has 0 aromatic heterocycles. The Hall–Kier alpha value is -0.480. The van der Waals surface area contributed by atoms with Crippen LogP contribution >= 0.6 is 0 Å². The summed E-state index contributed by atoms with van der Waals surface area (Å²) in [5.74, 6) is 6.46. The van der Waals surface area contributed by atoms with E-state index in [-0.39, 0.29) is 0 Å². The van der Waals surface area contributed by atoms with Crippen molar-refractivity contribution in [3.63, 3.8) is 0 Å². The lowest BCUT2D eigenvalue weighted by Gasteiger charge is -1.94. The van der Waals surface area contributed by atoms with Gasteiger partial charge in [-0.1, -0.05) is 39.0 Å². The molecule has 0 saturated carbocycles. The number of unbranched alkanes of at least 4 members (excludes halogenated alkanes) is 8. The summed E-state index contributed by atoms with van der Waals surface area (Å²) >= 11 is 0. The first kappa shape index (κ1) is 14.5. The standard InChI is InChI=1S/C14H26O/c1-2-3-4-5-6-7-8-9-10-11-12-13-14-15/h15H,2-6,9-14H2,1H3. The monoisotopic (exact) mass is 210 g/mol. The molecule has 0 atom stereocenters. The van der Waals surface area contributed by atoms with Gasteiger partial charge in [-0.25, -0.2) is 0 Å². The molecule has 0 unspecified atom stereocenters. The van der Waals surface area contributed by atoms with Gasteiger partial charge in [-0.3, -0.25) is 0 Å². The van der Waals surface area contributed by atoms with Gasteiger partial charge in [0.2, 0.25) is 0 Å². The Labute approximate surface area is 95.3 Å². The Bertz CT molecular complexity index is 164. The van der Waals surface area contributed by atoms with Crippen molar-refractivity contribution in [2.24, 2.45) is 0 Å². The van der Waals surface area contributed by atoms with Crippen LogP contribution in [-0.2, 0) is 0 Å². The van der Waals surface area contributed by atoms with Gasteiger partial charge in [0, 0.05) is 19.4 Å². The van der Waals surface area contributed by atoms with Gasteiger partial charge in [0.1, 0.15) is 0 Å². The highest BCUT2D eigenvalue weighted by Gasteiger charge is 1.87. The van der Waals surface area contributed by atoms with Gasteiger partial charge >= 0.3 is 0 Å². The predicted octanol–water partition coefficient (Wildman–Crippen LogP) is 3.90. The first-order valence-electron chi connectivity index (χ1n) is 6.48. The van der Waals surface area contributed by atoms with Crippen molar-refractivity contribution in [3.05, 3.63) is 0 Å². The van der Waals surface area contributed by atoms with E-state index in [0.29, 0.717) is 6.61 Å². The maximum atomic E-state index is 8.58. The Morgan fingerprint density at radius 1 is 0.733 bits per heavy atom. The van der Waals surface area contributed by atoms with Gasteiger partial charge in [0.15, 0.2) is 0 Å². The van der Waals surface area contributed by atoms with Crippen molar-refractivity contribution in [2.75, 3.05) is 6.61 Å². The molecule has 0 saturated heterocycles. The van der Waals surface area contributed by atoms with Gasteiger partial charge in [-0.05, 0) is 19.3 Å². The maximum absolute atomic E-state index is 8.58. The van der Waals surface area contributed by atoms with Crippen LogP contribution in [0.2, 0.25) is 0 Å². The topological polar surface area (TPSA) is 20.2 Å². The third-order valence-corrected chi connectivity index (χ3v) is 2.49. The number of hydrogen-bond donors (Lipinski definition) is 1. The predicted molar refractivity (Wildman–Crippen MR) is 66.7 cm³/mol. The highest BCUT2D eigenvalue weighted by atomic mass is 16.2. The summed E-state index contributed by atoms with van der Waals surface area (Å²) in [5, 5.41) is 8.58. The van der Waals surface area contributed by atoms with E-state index in [1.54, 1.807) is 0 Å².